The van der Waals surface area contributed by atoms with Gasteiger partial charge in [-0.2, -0.15) is 0 Å². The van der Waals surface area contributed by atoms with Crippen LogP contribution in [0.1, 0.15) is 40.5 Å². The fourth-order valence-corrected chi connectivity index (χ4v) is 3.47. The molecule has 0 aliphatic rings. The molecule has 8 heteroatoms. The van der Waals surface area contributed by atoms with Crippen LogP contribution in [0.25, 0.3) is 10.6 Å². The Kier molecular flexibility index (Phi) is 5.89. The second kappa shape index (κ2) is 8.35. The van der Waals surface area contributed by atoms with E-state index in [1.54, 1.807) is 19.9 Å². The lowest BCUT2D eigenvalue weighted by molar-refractivity contribution is -0.123. The quantitative estimate of drug-likeness (QED) is 0.626. The highest BCUT2D eigenvalue weighted by molar-refractivity contribution is 7.17. The highest BCUT2D eigenvalue weighted by Gasteiger charge is 2.23. The van der Waals surface area contributed by atoms with Crippen LogP contribution in [0.5, 0.6) is 0 Å². The number of thiazole rings is 1. The van der Waals surface area contributed by atoms with Crippen molar-refractivity contribution in [3.05, 3.63) is 52.2 Å². The monoisotopic (exact) mass is 399 g/mol. The molecule has 2 aromatic heterocycles. The van der Waals surface area contributed by atoms with Crippen molar-refractivity contribution >= 4 is 29.0 Å². The molecule has 1 aromatic carbocycles. The lowest BCUT2D eigenvalue weighted by atomic mass is 10.1. The summed E-state index contributed by atoms with van der Waals surface area (Å²) in [5, 5.41) is 6.96. The van der Waals surface area contributed by atoms with Gasteiger partial charge in [0.15, 0.2) is 11.9 Å². The number of ether oxygens (including phenoxy) is 1. The van der Waals surface area contributed by atoms with Crippen LogP contribution in [0.3, 0.4) is 0 Å². The van der Waals surface area contributed by atoms with Gasteiger partial charge in [-0.25, -0.2) is 9.78 Å². The number of nitrogens with zero attached hydrogens (tertiary/aromatic N) is 2. The molecule has 0 aliphatic carbocycles. The predicted octanol–water partition coefficient (Wildman–Crippen LogP) is 4.16. The molecule has 3 rings (SSSR count). The smallest absolute Gasteiger partial charge is 0.351 e. The molecule has 0 saturated carbocycles. The van der Waals surface area contributed by atoms with Crippen LogP contribution in [0.2, 0.25) is 0 Å². The van der Waals surface area contributed by atoms with E-state index in [9.17, 15) is 9.59 Å². The average molecular weight is 399 g/mol. The molecule has 0 radical (unpaired) electrons. The molecule has 28 heavy (non-hydrogen) atoms. The van der Waals surface area contributed by atoms with Crippen LogP contribution in [0, 0.1) is 13.8 Å². The van der Waals surface area contributed by atoms with Gasteiger partial charge in [0.25, 0.3) is 5.91 Å². The van der Waals surface area contributed by atoms with E-state index in [1.165, 1.54) is 23.8 Å². The van der Waals surface area contributed by atoms with E-state index >= 15 is 0 Å². The Balaban J connectivity index is 1.68. The number of hydrogen-bond donors (Lipinski definition) is 1. The van der Waals surface area contributed by atoms with E-state index in [1.807, 2.05) is 24.3 Å². The molecular weight excluding hydrogens is 378 g/mol. The molecule has 146 valence electrons. The molecule has 3 aromatic rings. The number of carbonyl (C=O) groups excluding carboxylic acids is 2. The largest absolute Gasteiger partial charge is 0.448 e. The summed E-state index contributed by atoms with van der Waals surface area (Å²) < 4.78 is 10.2. The zero-order chi connectivity index (χ0) is 20.3. The Morgan fingerprint density at radius 1 is 1.25 bits per heavy atom. The van der Waals surface area contributed by atoms with Gasteiger partial charge >= 0.3 is 5.97 Å². The zero-order valence-electron chi connectivity index (χ0n) is 16.1. The third-order valence-corrected chi connectivity index (χ3v) is 5.31. The number of carbonyl (C=O) groups is 2. The van der Waals surface area contributed by atoms with Crippen molar-refractivity contribution in [1.29, 1.82) is 0 Å². The van der Waals surface area contributed by atoms with Gasteiger partial charge in [0.2, 0.25) is 0 Å². The lowest BCUT2D eigenvalue weighted by Gasteiger charge is -2.11. The highest BCUT2D eigenvalue weighted by atomic mass is 32.1. The van der Waals surface area contributed by atoms with Crippen molar-refractivity contribution in [3.63, 3.8) is 0 Å². The average Bonchev–Trinajstić information content (AvgIpc) is 3.27. The number of anilines is 1. The van der Waals surface area contributed by atoms with Crippen molar-refractivity contribution in [2.24, 2.45) is 0 Å². The summed E-state index contributed by atoms with van der Waals surface area (Å²) in [6, 6.07) is 9.64. The summed E-state index contributed by atoms with van der Waals surface area (Å²) in [5.41, 5.74) is 2.75. The third-order valence-electron chi connectivity index (χ3n) is 4.12. The van der Waals surface area contributed by atoms with Gasteiger partial charge in [-0.05, 0) is 32.8 Å². The normalized spacial score (nSPS) is 11.9. The van der Waals surface area contributed by atoms with Crippen LogP contribution >= 0.6 is 11.3 Å². The van der Waals surface area contributed by atoms with Crippen LogP contribution in [0.15, 0.2) is 34.9 Å². The first-order valence-electron chi connectivity index (χ1n) is 8.89. The van der Waals surface area contributed by atoms with Gasteiger partial charge < -0.3 is 14.6 Å². The molecule has 0 bridgehead atoms. The summed E-state index contributed by atoms with van der Waals surface area (Å²) in [7, 11) is 0. The summed E-state index contributed by atoms with van der Waals surface area (Å²) in [6.45, 7) is 7.06. The van der Waals surface area contributed by atoms with Crippen molar-refractivity contribution in [1.82, 2.24) is 10.1 Å². The van der Waals surface area contributed by atoms with Gasteiger partial charge in [-0.3, -0.25) is 4.79 Å². The van der Waals surface area contributed by atoms with Crippen LogP contribution in [0.4, 0.5) is 5.82 Å². The number of aryl methyl sites for hydroxylation is 3. The van der Waals surface area contributed by atoms with Crippen molar-refractivity contribution in [2.75, 3.05) is 5.32 Å². The first-order chi connectivity index (χ1) is 13.4. The second-order valence-corrected chi connectivity index (χ2v) is 7.34. The zero-order valence-corrected chi connectivity index (χ0v) is 16.9. The fraction of sp³-hybridized carbons (Fsp3) is 0.300. The second-order valence-electron chi connectivity index (χ2n) is 6.34. The molecular formula is C20H21N3O4S. The maximum Gasteiger partial charge on any atom is 0.351 e. The van der Waals surface area contributed by atoms with E-state index in [2.05, 4.69) is 22.4 Å². The number of benzene rings is 1. The first kappa shape index (κ1) is 19.8. The molecule has 0 fully saturated rings. The van der Waals surface area contributed by atoms with E-state index in [0.29, 0.717) is 16.3 Å². The van der Waals surface area contributed by atoms with Gasteiger partial charge in [-0.1, -0.05) is 36.3 Å². The van der Waals surface area contributed by atoms with Gasteiger partial charge in [0.1, 0.15) is 15.6 Å². The minimum atomic E-state index is -0.988. The van der Waals surface area contributed by atoms with E-state index in [4.69, 9.17) is 9.26 Å². The minimum absolute atomic E-state index is 0.275. The Labute approximate surface area is 166 Å². The molecule has 1 amide bonds. The number of aromatic nitrogens is 2. The topological polar surface area (TPSA) is 94.3 Å². The maximum atomic E-state index is 12.5. The van der Waals surface area contributed by atoms with Crippen molar-refractivity contribution in [3.8, 4) is 10.6 Å². The summed E-state index contributed by atoms with van der Waals surface area (Å²) in [6.07, 6.45) is -0.0268. The molecule has 2 heterocycles. The molecule has 0 saturated heterocycles. The predicted molar refractivity (Wildman–Crippen MR) is 106 cm³/mol. The Hall–Kier alpha value is -3.00. The van der Waals surface area contributed by atoms with Crippen molar-refractivity contribution < 1.29 is 18.8 Å². The molecule has 0 spiro atoms. The van der Waals surface area contributed by atoms with Crippen molar-refractivity contribution in [2.45, 2.75) is 40.2 Å². The molecule has 1 N–H and O–H groups in total. The standard InChI is InChI=1S/C20H21N3O4S/c1-5-14-6-8-15(9-7-14)19-21-12(3)17(28-19)20(25)26-13(4)18(24)22-16-10-11(2)27-23-16/h6-10,13H,5H2,1-4H3,(H,22,23,24)/t13-/m0/s1. The van der Waals surface area contributed by atoms with E-state index < -0.39 is 18.0 Å². The van der Waals surface area contributed by atoms with E-state index in [0.717, 1.165) is 17.0 Å². The molecule has 7 nitrogen and oxygen atoms in total. The molecule has 0 unspecified atom stereocenters. The third kappa shape index (κ3) is 4.45. The number of amides is 1. The Morgan fingerprint density at radius 2 is 1.96 bits per heavy atom. The maximum absolute atomic E-state index is 12.5. The summed E-state index contributed by atoms with van der Waals surface area (Å²) in [5.74, 6) is -0.221. The lowest BCUT2D eigenvalue weighted by Crippen LogP contribution is -2.30. The highest BCUT2D eigenvalue weighted by Crippen LogP contribution is 2.29. The summed E-state index contributed by atoms with van der Waals surface area (Å²) in [4.78, 5) is 29.6. The Morgan fingerprint density at radius 3 is 2.57 bits per heavy atom. The number of esters is 1. The molecule has 1 atom stereocenters. The van der Waals surface area contributed by atoms with Gasteiger partial charge in [0.05, 0.1) is 5.69 Å². The number of nitrogens with one attached hydrogen (secondary N) is 1. The van der Waals surface area contributed by atoms with E-state index in [-0.39, 0.29) is 5.82 Å². The van der Waals surface area contributed by atoms with Gasteiger partial charge in [-0.15, -0.1) is 11.3 Å². The fourth-order valence-electron chi connectivity index (χ4n) is 2.51. The SMILES string of the molecule is CCc1ccc(-c2nc(C)c(C(=O)O[C@@H](C)C(=O)Nc3cc(C)on3)s2)cc1. The minimum Gasteiger partial charge on any atom is -0.448 e. The summed E-state index contributed by atoms with van der Waals surface area (Å²) >= 11 is 1.25. The Bertz CT molecular complexity index is 991. The number of rotatable bonds is 6. The first-order valence-corrected chi connectivity index (χ1v) is 9.71. The van der Waals surface area contributed by atoms with Crippen LogP contribution < -0.4 is 5.32 Å². The van der Waals surface area contributed by atoms with Crippen LogP contribution in [-0.4, -0.2) is 28.1 Å². The molecule has 0 aliphatic heterocycles. The number of hydrogen-bond acceptors (Lipinski definition) is 7. The van der Waals surface area contributed by atoms with Gasteiger partial charge in [0, 0.05) is 11.6 Å². The van der Waals surface area contributed by atoms with Crippen LogP contribution in [-0.2, 0) is 16.0 Å².